The summed E-state index contributed by atoms with van der Waals surface area (Å²) in [6.07, 6.45) is 2.93. The van der Waals surface area contributed by atoms with Gasteiger partial charge in [0.05, 0.1) is 127 Å². The lowest BCUT2D eigenvalue weighted by molar-refractivity contribution is -0.152. The molecule has 596 valence electrons. The molecule has 4 fully saturated rings. The first-order valence-corrected chi connectivity index (χ1v) is 35.1. The molecule has 6 heterocycles. The number of nitrogens with zero attached hydrogens (tertiary/aromatic N) is 5. The molecule has 0 radical (unpaired) electrons. The van der Waals surface area contributed by atoms with Crippen molar-refractivity contribution in [1.82, 2.24) is 35.6 Å². The fourth-order valence-corrected chi connectivity index (χ4v) is 11.2. The number of carbonyl (C=O) groups is 6. The number of carboxylic acids is 1. The summed E-state index contributed by atoms with van der Waals surface area (Å²) in [4.78, 5) is 74.2. The van der Waals surface area contributed by atoms with Gasteiger partial charge in [0.1, 0.15) is 13.2 Å². The van der Waals surface area contributed by atoms with Crippen molar-refractivity contribution in [2.24, 2.45) is 11.8 Å². The Balaban J connectivity index is 0.000000276. The third kappa shape index (κ3) is 30.4. The molecule has 2 saturated heterocycles. The van der Waals surface area contributed by atoms with Crippen LogP contribution in [0.5, 0.6) is 0 Å². The molecule has 29 nitrogen and oxygen atoms in total. The summed E-state index contributed by atoms with van der Waals surface area (Å²) in [5, 5.41) is 38.6. The second-order valence-corrected chi connectivity index (χ2v) is 25.6. The van der Waals surface area contributed by atoms with E-state index in [9.17, 15) is 37.2 Å². The van der Waals surface area contributed by atoms with Crippen LogP contribution >= 0.6 is 35.6 Å². The Bertz CT molecular complexity index is 4730. The van der Waals surface area contributed by atoms with E-state index in [0.29, 0.717) is 69.4 Å². The number of aromatic carboxylic acids is 1. The van der Waals surface area contributed by atoms with Crippen molar-refractivity contribution in [2.45, 2.75) is 103 Å². The number of halogens is 3. The predicted molar refractivity (Wildman–Crippen MR) is 403 cm³/mol. The Kier molecular flexibility index (Phi) is 29.1. The number of hydrogen-bond donors (Lipinski definition) is 5. The van der Waals surface area contributed by atoms with E-state index in [0.717, 1.165) is 47.9 Å². The first-order valence-electron chi connectivity index (χ1n) is 43.1. The van der Waals surface area contributed by atoms with Crippen LogP contribution in [-0.2, 0) is 81.4 Å². The molecule has 2 atom stereocenters. The lowest BCUT2D eigenvalue weighted by Gasteiger charge is -2.25. The SMILES string of the molecule is COC(=O)COCC(=O)OC.C[C@@H](C1CC1)N1Cc2cc(-c3cc(C(=O)O)no3)cc(Cl)c2C1=O.Cl.[2H]C([2H])(C)COCC([2H])([2H])OS(=O)(=O)c1ccc(C)cc1.[2H]C([2H])(O)COCC([2H])([2H])O.[2H]C([2H])COCC([2H])([2H])NCc1ccccc1.[2H]C1([2H])COCC([2H])([2H])N1.[2H]C1([2H])COCC([2H])([2H])N1C(=O)c1cc(-c2cc(Cl)c3c(c2)CN([C@@H](C)C2CC2)C3=O)on1. The average Bonchev–Trinajstić information content (AvgIpc) is 1.56. The number of morpholine rings is 2. The number of fused-ring (bicyclic) bond motifs is 2. The van der Waals surface area contributed by atoms with E-state index in [1.807, 2.05) is 53.1 Å². The minimum atomic E-state index is -4.25. The molecule has 12 rings (SSSR count). The average molecular weight is 1610 g/mol. The third-order valence-corrected chi connectivity index (χ3v) is 17.4. The van der Waals surface area contributed by atoms with Crippen molar-refractivity contribution >= 4 is 81.4 Å². The number of carbonyl (C=O) groups excluding carboxylic acids is 5. The summed E-state index contributed by atoms with van der Waals surface area (Å²) < 4.78 is 221. The van der Waals surface area contributed by atoms with Crippen molar-refractivity contribution in [3.05, 3.63) is 146 Å². The Morgan fingerprint density at radius 2 is 1.21 bits per heavy atom. The number of aliphatic hydroxyl groups is 2. The largest absolute Gasteiger partial charge is 0.476 e. The number of hydrogen-bond acceptors (Lipinski definition) is 25. The summed E-state index contributed by atoms with van der Waals surface area (Å²) in [5.41, 5.74) is 5.20. The lowest BCUT2D eigenvalue weighted by atomic mass is 10.0. The molecule has 4 aromatic carbocycles. The van der Waals surface area contributed by atoms with Crippen LogP contribution in [0, 0.1) is 18.8 Å². The van der Waals surface area contributed by atoms with Crippen LogP contribution in [0.2, 0.25) is 10.0 Å². The van der Waals surface area contributed by atoms with Crippen LogP contribution in [0.1, 0.15) is 151 Å². The van der Waals surface area contributed by atoms with Crippen LogP contribution < -0.4 is 10.6 Å². The number of amides is 3. The van der Waals surface area contributed by atoms with Gasteiger partial charge in [-0.15, -0.1) is 12.4 Å². The molecule has 2 aliphatic carbocycles. The van der Waals surface area contributed by atoms with Crippen molar-refractivity contribution in [3.63, 3.8) is 0 Å². The van der Waals surface area contributed by atoms with Gasteiger partial charge in [-0.2, -0.15) is 8.42 Å². The van der Waals surface area contributed by atoms with E-state index >= 15 is 0 Å². The molecule has 0 bridgehead atoms. The minimum absolute atomic E-state index is 0. The van der Waals surface area contributed by atoms with Crippen molar-refractivity contribution in [3.8, 4) is 22.6 Å². The van der Waals surface area contributed by atoms with Crippen LogP contribution in [0.4, 0.5) is 0 Å². The molecule has 4 aliphatic heterocycles. The highest BCUT2D eigenvalue weighted by molar-refractivity contribution is 7.86. The van der Waals surface area contributed by atoms with E-state index < -0.39 is 132 Å². The Labute approximate surface area is 675 Å². The van der Waals surface area contributed by atoms with Gasteiger partial charge < -0.3 is 87.6 Å². The number of benzene rings is 4. The normalized spacial score (nSPS) is 20.6. The van der Waals surface area contributed by atoms with Crippen LogP contribution in [0.15, 0.2) is 105 Å². The van der Waals surface area contributed by atoms with Crippen LogP contribution in [0.3, 0.4) is 0 Å². The first kappa shape index (κ1) is 64.2. The fraction of sp³-hybridized carbons (Fsp3) is 0.520. The number of ether oxygens (including phenoxy) is 8. The smallest absolute Gasteiger partial charge is 0.358 e. The first-order chi connectivity index (χ1) is 58.7. The van der Waals surface area contributed by atoms with E-state index in [1.165, 1.54) is 45.4 Å². The Morgan fingerprint density at radius 1 is 0.704 bits per heavy atom. The number of aryl methyl sites for hydroxylation is 1. The molecule has 2 saturated carbocycles. The van der Waals surface area contributed by atoms with Gasteiger partial charge in [0.25, 0.3) is 27.8 Å². The maximum Gasteiger partial charge on any atom is 0.358 e. The topological polar surface area (TPSA) is 366 Å². The second kappa shape index (κ2) is 48.9. The highest BCUT2D eigenvalue weighted by Crippen LogP contribution is 2.43. The molecule has 6 aromatic rings. The molecule has 108 heavy (non-hydrogen) atoms. The number of methoxy groups -OCH3 is 2. The standard InChI is InChI=1S/C21H22ClN3O4.C17H15ClN2O4.C12H18O4S.C11H17NO.C6H10O5.C4H9NO.C4H10O3.ClH/c1-12(13-2-3-13)25-11-15-8-14(9-16(22)19(15)21(25)27)18-10-17(23-29-18)20(26)24-4-6-28-7-5-24;1-8(9-2-3-9)20-7-11-4-10(5-12(18)15(11)16(20)21)14-6-13(17(22)23)19-24-14;1-3-8-15-9-10-16-17(13,14)12-6-4-11(2)5-7-12;1-2-13-9-8-12-10-11-6-4-3-5-7-11;1-9-5(7)3-11-4-6(8)10-2;1-3-6-4-2-5-1;5-1-3-7-4-2-6;/h8-10,12-13H,2-7,11H2,1H3;4-6,8-9H,2-3,7H2,1H3,(H,22,23);4-7H,3,8-10H2,1-2H3;3-7,12H,2,8-10H2,1H3;3-4H2,1-2H3;5H,1-4H2;5-6H,1-4H2;1H/t12-;8-;;;;;;/m00....../s1/i4D2,5D2;;3D2,10D2;1D2,8D2;;2*1D2,2D2;. The molecular formula is C75H102Cl3N7O22S. The highest BCUT2D eigenvalue weighted by Gasteiger charge is 2.41. The van der Waals surface area contributed by atoms with Crippen molar-refractivity contribution < 1.29 is 131 Å². The molecule has 2 aromatic heterocycles. The molecule has 6 aliphatic rings. The van der Waals surface area contributed by atoms with Gasteiger partial charge in [-0.05, 0) is 125 Å². The van der Waals surface area contributed by atoms with Gasteiger partial charge in [-0.3, -0.25) is 18.6 Å². The fourth-order valence-electron chi connectivity index (χ4n) is 9.81. The second-order valence-electron chi connectivity index (χ2n) is 23.2. The van der Waals surface area contributed by atoms with Gasteiger partial charge in [0, 0.05) is 114 Å². The zero-order valence-electron chi connectivity index (χ0n) is 79.9. The number of rotatable bonds is 29. The number of esters is 2. The van der Waals surface area contributed by atoms with Gasteiger partial charge in [-0.25, -0.2) is 14.4 Å². The van der Waals surface area contributed by atoms with Gasteiger partial charge >= 0.3 is 17.9 Å². The van der Waals surface area contributed by atoms with Crippen LogP contribution in [-0.4, -0.2) is 242 Å². The zero-order chi connectivity index (χ0) is 95.4. The van der Waals surface area contributed by atoms with Crippen molar-refractivity contribution in [1.29, 1.82) is 0 Å². The van der Waals surface area contributed by atoms with E-state index in [-0.39, 0.29) is 110 Å². The maximum absolute atomic E-state index is 13.0. The molecule has 33 heteroatoms. The predicted octanol–water partition coefficient (Wildman–Crippen LogP) is 8.97. The molecule has 5 N–H and O–H groups in total. The summed E-state index contributed by atoms with van der Waals surface area (Å²) in [7, 11) is -1.77. The van der Waals surface area contributed by atoms with Gasteiger partial charge in [0.2, 0.25) is 0 Å². The number of carboxylic acid groups (broad SMARTS) is 1. The van der Waals surface area contributed by atoms with Gasteiger partial charge in [0.15, 0.2) is 22.9 Å². The van der Waals surface area contributed by atoms with E-state index in [2.05, 4.69) is 55.7 Å². The molecule has 0 unspecified atom stereocenters. The highest BCUT2D eigenvalue weighted by atomic mass is 35.5. The molecule has 3 amide bonds. The van der Waals surface area contributed by atoms with Crippen LogP contribution in [0.25, 0.3) is 22.6 Å². The number of nitrogens with one attached hydrogen (secondary N) is 2. The van der Waals surface area contributed by atoms with Crippen molar-refractivity contribution in [2.75, 3.05) is 146 Å². The molecular weight excluding hydrogens is 1490 g/mol. The van der Waals surface area contributed by atoms with Gasteiger partial charge in [-0.1, -0.05) is 88.5 Å². The third-order valence-electron chi connectivity index (χ3n) is 15.6. The summed E-state index contributed by atoms with van der Waals surface area (Å²) >= 11 is 12.8. The summed E-state index contributed by atoms with van der Waals surface area (Å²) in [6.45, 7) is -14.0. The maximum atomic E-state index is 13.0. The van der Waals surface area contributed by atoms with E-state index in [4.69, 9.17) is 89.2 Å². The monoisotopic (exact) mass is 1610 g/mol. The lowest BCUT2D eigenvalue weighted by Crippen LogP contribution is -2.40. The minimum Gasteiger partial charge on any atom is -0.476 e. The number of aromatic nitrogens is 2. The zero-order valence-corrected chi connectivity index (χ0v) is 63.0. The van der Waals surface area contributed by atoms with E-state index in [1.54, 1.807) is 37.3 Å². The quantitative estimate of drug-likeness (QED) is 0.0216. The Morgan fingerprint density at radius 3 is 1.68 bits per heavy atom. The molecule has 0 spiro atoms. The summed E-state index contributed by atoms with van der Waals surface area (Å²) in [5.74, 6) is -1.65. The Hall–Kier alpha value is -7.50. The summed E-state index contributed by atoms with van der Waals surface area (Å²) in [6, 6.07) is 25.1.